The summed E-state index contributed by atoms with van der Waals surface area (Å²) in [5, 5.41) is 7.81. The summed E-state index contributed by atoms with van der Waals surface area (Å²) in [4.78, 5) is 2.39. The minimum Gasteiger partial charge on any atom is -0.310 e. The molecule has 0 radical (unpaired) electrons. The van der Waals surface area contributed by atoms with E-state index in [-0.39, 0.29) is 0 Å². The van der Waals surface area contributed by atoms with Gasteiger partial charge in [-0.05, 0) is 105 Å². The highest BCUT2D eigenvalue weighted by atomic mass is 32.1. The largest absolute Gasteiger partial charge is 0.310 e. The summed E-state index contributed by atoms with van der Waals surface area (Å²) in [5.41, 5.74) is 10.8. The second-order valence-corrected chi connectivity index (χ2v) is 16.3. The molecule has 0 saturated carbocycles. The maximum absolute atomic E-state index is 2.39. The fourth-order valence-corrected chi connectivity index (χ4v) is 10.5. The van der Waals surface area contributed by atoms with Crippen molar-refractivity contribution >= 4 is 90.9 Å². The van der Waals surface area contributed by atoms with E-state index in [0.29, 0.717) is 0 Å². The molecule has 0 aliphatic carbocycles. The summed E-state index contributed by atoms with van der Waals surface area (Å²) < 4.78 is 5.26. The predicted octanol–water partition coefficient (Wildman–Crippen LogP) is 16.0. The van der Waals surface area contributed by atoms with Gasteiger partial charge in [0.05, 0.1) is 0 Å². The zero-order valence-corrected chi connectivity index (χ0v) is 31.4. The fraction of sp³-hybridized carbons (Fsp3) is 0. The first-order valence-electron chi connectivity index (χ1n) is 18.7. The maximum Gasteiger partial charge on any atom is 0.0476 e. The second kappa shape index (κ2) is 13.1. The molecule has 0 saturated heterocycles. The zero-order chi connectivity index (χ0) is 36.3. The summed E-state index contributed by atoms with van der Waals surface area (Å²) in [6, 6.07) is 73.4. The fourth-order valence-electron chi connectivity index (χ4n) is 8.25. The summed E-state index contributed by atoms with van der Waals surface area (Å²) >= 11 is 3.73. The molecular weight excluding hydrogens is 703 g/mol. The Morgan fingerprint density at radius 3 is 1.65 bits per heavy atom. The van der Waals surface area contributed by atoms with E-state index >= 15 is 0 Å². The molecule has 2 heterocycles. The van der Waals surface area contributed by atoms with Crippen LogP contribution in [0.3, 0.4) is 0 Å². The van der Waals surface area contributed by atoms with Crippen LogP contribution in [0.4, 0.5) is 17.1 Å². The number of thiophene rings is 2. The molecule has 0 unspecified atom stereocenters. The summed E-state index contributed by atoms with van der Waals surface area (Å²) in [7, 11) is 0. The molecule has 0 aliphatic heterocycles. The van der Waals surface area contributed by atoms with Gasteiger partial charge in [0, 0.05) is 57.4 Å². The molecule has 0 bridgehead atoms. The number of benzene rings is 9. The van der Waals surface area contributed by atoms with Gasteiger partial charge in [0.1, 0.15) is 0 Å². The monoisotopic (exact) mass is 735 g/mol. The summed E-state index contributed by atoms with van der Waals surface area (Å²) in [6.07, 6.45) is 0. The molecule has 0 spiro atoms. The highest BCUT2D eigenvalue weighted by Crippen LogP contribution is 2.44. The van der Waals surface area contributed by atoms with Crippen LogP contribution in [-0.4, -0.2) is 0 Å². The SMILES string of the molecule is c1cc(-c2ccc(N(c3ccc(-c4cccc5sc6ccccc6c45)cc3)c3ccc4c(c3)sc3ccccc34)cc2)cc(-c2cccc3ccccc23)c1. The lowest BCUT2D eigenvalue weighted by Crippen LogP contribution is -2.09. The molecule has 11 rings (SSSR count). The molecule has 2 aromatic heterocycles. The van der Waals surface area contributed by atoms with Gasteiger partial charge in [0.2, 0.25) is 0 Å². The van der Waals surface area contributed by atoms with Gasteiger partial charge in [-0.1, -0.05) is 140 Å². The highest BCUT2D eigenvalue weighted by Gasteiger charge is 2.17. The van der Waals surface area contributed by atoms with Gasteiger partial charge in [-0.15, -0.1) is 22.7 Å². The van der Waals surface area contributed by atoms with Crippen LogP contribution < -0.4 is 4.90 Å². The summed E-state index contributed by atoms with van der Waals surface area (Å²) in [5.74, 6) is 0. The molecule has 55 heavy (non-hydrogen) atoms. The lowest BCUT2D eigenvalue weighted by atomic mass is 9.95. The van der Waals surface area contributed by atoms with Crippen molar-refractivity contribution in [1.29, 1.82) is 0 Å². The van der Waals surface area contributed by atoms with Crippen molar-refractivity contribution in [3.05, 3.63) is 200 Å². The van der Waals surface area contributed by atoms with Crippen molar-refractivity contribution in [2.75, 3.05) is 4.90 Å². The number of nitrogens with zero attached hydrogens (tertiary/aromatic N) is 1. The van der Waals surface area contributed by atoms with E-state index in [1.807, 2.05) is 22.7 Å². The molecule has 0 atom stereocenters. The van der Waals surface area contributed by atoms with Crippen molar-refractivity contribution < 1.29 is 0 Å². The van der Waals surface area contributed by atoms with Crippen molar-refractivity contribution in [3.8, 4) is 33.4 Å². The van der Waals surface area contributed by atoms with E-state index in [4.69, 9.17) is 0 Å². The Morgan fingerprint density at radius 1 is 0.291 bits per heavy atom. The van der Waals surface area contributed by atoms with Crippen molar-refractivity contribution in [2.24, 2.45) is 0 Å². The lowest BCUT2D eigenvalue weighted by molar-refractivity contribution is 1.29. The van der Waals surface area contributed by atoms with Gasteiger partial charge in [-0.3, -0.25) is 0 Å². The Labute approximate surface area is 327 Å². The van der Waals surface area contributed by atoms with E-state index in [1.54, 1.807) is 0 Å². The third-order valence-corrected chi connectivity index (χ3v) is 13.2. The average Bonchev–Trinajstić information content (AvgIpc) is 3.82. The predicted molar refractivity (Wildman–Crippen MR) is 241 cm³/mol. The third-order valence-electron chi connectivity index (χ3n) is 10.9. The van der Waals surface area contributed by atoms with Gasteiger partial charge in [0.15, 0.2) is 0 Å². The van der Waals surface area contributed by atoms with E-state index < -0.39 is 0 Å². The van der Waals surface area contributed by atoms with Crippen LogP contribution in [0.25, 0.3) is 84.5 Å². The molecule has 3 heteroatoms. The minimum atomic E-state index is 1.12. The molecule has 0 amide bonds. The first-order valence-corrected chi connectivity index (χ1v) is 20.3. The van der Waals surface area contributed by atoms with E-state index in [2.05, 4.69) is 205 Å². The normalized spacial score (nSPS) is 11.6. The van der Waals surface area contributed by atoms with Crippen LogP contribution >= 0.6 is 22.7 Å². The highest BCUT2D eigenvalue weighted by molar-refractivity contribution is 7.26. The average molecular weight is 736 g/mol. The standard InChI is InChI=1S/C52H33NS2/c1-2-14-42-35(10-1)11-8-17-43(42)38-13-7-12-37(32-38)34-22-26-39(27-23-34)53(41-30-31-46-45-15-3-5-19-48(45)55-51(46)33-41)40-28-24-36(25-29-40)44-18-9-21-50-52(44)47-16-4-6-20-49(47)54-50/h1-33H. The van der Waals surface area contributed by atoms with E-state index in [1.165, 1.54) is 84.5 Å². The van der Waals surface area contributed by atoms with Crippen LogP contribution in [0.1, 0.15) is 0 Å². The number of anilines is 3. The van der Waals surface area contributed by atoms with Crippen molar-refractivity contribution in [3.63, 3.8) is 0 Å². The molecule has 0 aliphatic rings. The Morgan fingerprint density at radius 2 is 0.836 bits per heavy atom. The molecule has 1 nitrogen and oxygen atoms in total. The smallest absolute Gasteiger partial charge is 0.0476 e. The number of hydrogen-bond acceptors (Lipinski definition) is 3. The Balaban J connectivity index is 1.00. The lowest BCUT2D eigenvalue weighted by Gasteiger charge is -2.26. The topological polar surface area (TPSA) is 3.24 Å². The van der Waals surface area contributed by atoms with Gasteiger partial charge < -0.3 is 4.90 Å². The molecule has 9 aromatic carbocycles. The maximum atomic E-state index is 2.39. The Bertz CT molecular complexity index is 3200. The zero-order valence-electron chi connectivity index (χ0n) is 29.8. The van der Waals surface area contributed by atoms with Gasteiger partial charge in [-0.25, -0.2) is 0 Å². The Hall–Kier alpha value is -6.52. The van der Waals surface area contributed by atoms with Gasteiger partial charge in [-0.2, -0.15) is 0 Å². The van der Waals surface area contributed by atoms with Crippen LogP contribution in [0.15, 0.2) is 200 Å². The number of fused-ring (bicyclic) bond motifs is 7. The third kappa shape index (κ3) is 5.51. The first-order chi connectivity index (χ1) is 27.2. The summed E-state index contributed by atoms with van der Waals surface area (Å²) in [6.45, 7) is 0. The minimum absolute atomic E-state index is 1.12. The van der Waals surface area contributed by atoms with E-state index in [9.17, 15) is 0 Å². The Kier molecular flexibility index (Phi) is 7.61. The van der Waals surface area contributed by atoms with E-state index in [0.717, 1.165) is 17.1 Å². The quantitative estimate of drug-likeness (QED) is 0.164. The van der Waals surface area contributed by atoms with Crippen LogP contribution in [-0.2, 0) is 0 Å². The molecule has 11 aromatic rings. The van der Waals surface area contributed by atoms with Crippen molar-refractivity contribution in [1.82, 2.24) is 0 Å². The molecule has 258 valence electrons. The number of rotatable bonds is 6. The second-order valence-electron chi connectivity index (χ2n) is 14.1. The van der Waals surface area contributed by atoms with Gasteiger partial charge >= 0.3 is 0 Å². The number of hydrogen-bond donors (Lipinski definition) is 0. The van der Waals surface area contributed by atoms with Crippen LogP contribution in [0.5, 0.6) is 0 Å². The molecular formula is C52H33NS2. The molecule has 0 fully saturated rings. The first kappa shape index (κ1) is 32.0. The van der Waals surface area contributed by atoms with Crippen LogP contribution in [0.2, 0.25) is 0 Å². The molecule has 0 N–H and O–H groups in total. The van der Waals surface area contributed by atoms with Gasteiger partial charge in [0.25, 0.3) is 0 Å². The van der Waals surface area contributed by atoms with Crippen molar-refractivity contribution in [2.45, 2.75) is 0 Å². The van der Waals surface area contributed by atoms with Crippen LogP contribution in [0, 0.1) is 0 Å².